The second-order valence-electron chi connectivity index (χ2n) is 5.64. The lowest BCUT2D eigenvalue weighted by atomic mass is 10.1. The number of allylic oxidation sites excluding steroid dienone is 1. The van der Waals surface area contributed by atoms with E-state index < -0.39 is 6.36 Å². The first kappa shape index (κ1) is 19.6. The molecule has 136 valence electrons. The fourth-order valence-corrected chi connectivity index (χ4v) is 2.15. The van der Waals surface area contributed by atoms with E-state index in [1.807, 2.05) is 6.92 Å². The van der Waals surface area contributed by atoms with Gasteiger partial charge in [0.25, 0.3) is 0 Å². The van der Waals surface area contributed by atoms with Crippen molar-refractivity contribution in [2.75, 3.05) is 0 Å². The molecule has 0 spiro atoms. The standard InChI is InChI=1S/C21H18F4O/c1-2-3-4-19(22)15-18-9-7-16(8-10-18)5-6-17-11-13-20(14-12-17)26-21(23,24)25/h7-15H,2-4H2,1H3. The first-order chi connectivity index (χ1) is 12.4. The predicted molar refractivity (Wildman–Crippen MR) is 94.2 cm³/mol. The molecule has 0 fully saturated rings. The smallest absolute Gasteiger partial charge is 0.406 e. The average molecular weight is 362 g/mol. The van der Waals surface area contributed by atoms with Crippen molar-refractivity contribution in [3.63, 3.8) is 0 Å². The minimum atomic E-state index is -4.71. The lowest BCUT2D eigenvalue weighted by Crippen LogP contribution is -2.16. The molecule has 0 heterocycles. The summed E-state index contributed by atoms with van der Waals surface area (Å²) in [5, 5.41) is 0. The highest BCUT2D eigenvalue weighted by molar-refractivity contribution is 5.53. The van der Waals surface area contributed by atoms with Gasteiger partial charge in [0, 0.05) is 11.1 Å². The number of ether oxygens (including phenoxy) is 1. The Balaban J connectivity index is 2.01. The number of hydrogen-bond acceptors (Lipinski definition) is 1. The van der Waals surface area contributed by atoms with Crippen LogP contribution >= 0.6 is 0 Å². The molecular weight excluding hydrogens is 344 g/mol. The van der Waals surface area contributed by atoms with E-state index in [2.05, 4.69) is 16.6 Å². The van der Waals surface area contributed by atoms with Gasteiger partial charge in [-0.15, -0.1) is 13.2 Å². The van der Waals surface area contributed by atoms with Crippen molar-refractivity contribution < 1.29 is 22.3 Å². The molecular formula is C21H18F4O. The van der Waals surface area contributed by atoms with Gasteiger partial charge in [0.1, 0.15) is 11.6 Å². The third-order valence-corrected chi connectivity index (χ3v) is 3.44. The van der Waals surface area contributed by atoms with Crippen molar-refractivity contribution in [1.82, 2.24) is 0 Å². The maximum Gasteiger partial charge on any atom is 0.573 e. The fourth-order valence-electron chi connectivity index (χ4n) is 2.15. The highest BCUT2D eigenvalue weighted by Gasteiger charge is 2.30. The molecule has 26 heavy (non-hydrogen) atoms. The van der Waals surface area contributed by atoms with E-state index in [9.17, 15) is 17.6 Å². The van der Waals surface area contributed by atoms with Crippen LogP contribution in [0.25, 0.3) is 6.08 Å². The second kappa shape index (κ2) is 9.10. The van der Waals surface area contributed by atoms with Crippen LogP contribution in [0.4, 0.5) is 17.6 Å². The summed E-state index contributed by atoms with van der Waals surface area (Å²) in [7, 11) is 0. The Hall–Kier alpha value is -2.74. The molecule has 0 unspecified atom stereocenters. The number of alkyl halides is 3. The molecule has 0 saturated carbocycles. The Bertz CT molecular complexity index is 791. The maximum atomic E-state index is 13.6. The van der Waals surface area contributed by atoms with E-state index in [1.165, 1.54) is 30.3 Å². The van der Waals surface area contributed by atoms with Crippen molar-refractivity contribution in [1.29, 1.82) is 0 Å². The first-order valence-electron chi connectivity index (χ1n) is 8.19. The summed E-state index contributed by atoms with van der Waals surface area (Å²) in [6, 6.07) is 12.4. The quantitative estimate of drug-likeness (QED) is 0.437. The lowest BCUT2D eigenvalue weighted by Gasteiger charge is -2.07. The molecule has 5 heteroatoms. The molecule has 0 N–H and O–H groups in total. The van der Waals surface area contributed by atoms with Crippen molar-refractivity contribution in [2.45, 2.75) is 32.5 Å². The SMILES string of the molecule is CCCCC(F)=Cc1ccc(C#Cc2ccc(OC(F)(F)F)cc2)cc1. The molecule has 2 aromatic rings. The van der Waals surface area contributed by atoms with Gasteiger partial charge in [-0.1, -0.05) is 37.3 Å². The Morgan fingerprint density at radius 1 is 0.962 bits per heavy atom. The summed E-state index contributed by atoms with van der Waals surface area (Å²) >= 11 is 0. The molecule has 0 saturated heterocycles. The summed E-state index contributed by atoms with van der Waals surface area (Å²) in [6.07, 6.45) is -1.00. The summed E-state index contributed by atoms with van der Waals surface area (Å²) in [6.45, 7) is 2.01. The van der Waals surface area contributed by atoms with E-state index >= 15 is 0 Å². The number of rotatable bonds is 5. The molecule has 0 aromatic heterocycles. The third kappa shape index (κ3) is 7.02. The number of unbranched alkanes of at least 4 members (excludes halogenated alkanes) is 1. The van der Waals surface area contributed by atoms with Crippen LogP contribution in [-0.4, -0.2) is 6.36 Å². The van der Waals surface area contributed by atoms with Gasteiger partial charge in [-0.3, -0.25) is 0 Å². The summed E-state index contributed by atoms with van der Waals surface area (Å²) in [5.74, 6) is 5.34. The predicted octanol–water partition coefficient (Wildman–Crippen LogP) is 6.49. The maximum absolute atomic E-state index is 13.6. The molecule has 0 aliphatic carbocycles. The van der Waals surface area contributed by atoms with E-state index in [4.69, 9.17) is 0 Å². The third-order valence-electron chi connectivity index (χ3n) is 3.44. The minimum Gasteiger partial charge on any atom is -0.406 e. The highest BCUT2D eigenvalue weighted by atomic mass is 19.4. The van der Waals surface area contributed by atoms with Crippen LogP contribution in [0, 0.1) is 11.8 Å². The summed E-state index contributed by atoms with van der Waals surface area (Å²) in [5.41, 5.74) is 2.05. The van der Waals surface area contributed by atoms with Gasteiger partial charge in [-0.25, -0.2) is 4.39 Å². The molecule has 0 atom stereocenters. The monoisotopic (exact) mass is 362 g/mol. The van der Waals surface area contributed by atoms with E-state index in [1.54, 1.807) is 24.3 Å². The number of benzene rings is 2. The molecule has 2 rings (SSSR count). The van der Waals surface area contributed by atoms with E-state index in [0.717, 1.165) is 24.0 Å². The molecule has 0 amide bonds. The van der Waals surface area contributed by atoms with E-state index in [0.29, 0.717) is 12.0 Å². The van der Waals surface area contributed by atoms with Gasteiger partial charge in [0.05, 0.1) is 0 Å². The fraction of sp³-hybridized carbons (Fsp3) is 0.238. The van der Waals surface area contributed by atoms with Crippen LogP contribution in [0.5, 0.6) is 5.75 Å². The van der Waals surface area contributed by atoms with Gasteiger partial charge >= 0.3 is 6.36 Å². The van der Waals surface area contributed by atoms with Crippen molar-refractivity contribution in [3.8, 4) is 17.6 Å². The summed E-state index contributed by atoms with van der Waals surface area (Å²) in [4.78, 5) is 0. The van der Waals surface area contributed by atoms with Crippen LogP contribution in [-0.2, 0) is 0 Å². The van der Waals surface area contributed by atoms with Crippen LogP contribution in [0.3, 0.4) is 0 Å². The normalized spacial score (nSPS) is 11.7. The Kier molecular flexibility index (Phi) is 6.85. The average Bonchev–Trinajstić information content (AvgIpc) is 2.59. The molecule has 0 bridgehead atoms. The molecule has 0 radical (unpaired) electrons. The zero-order valence-electron chi connectivity index (χ0n) is 14.2. The van der Waals surface area contributed by atoms with Gasteiger partial charge in [0.15, 0.2) is 0 Å². The van der Waals surface area contributed by atoms with Crippen molar-refractivity contribution in [2.24, 2.45) is 0 Å². The number of halogens is 4. The van der Waals surface area contributed by atoms with Crippen LogP contribution in [0.1, 0.15) is 42.9 Å². The minimum absolute atomic E-state index is 0.146. The zero-order valence-corrected chi connectivity index (χ0v) is 14.2. The number of hydrogen-bond donors (Lipinski definition) is 0. The van der Waals surface area contributed by atoms with Crippen molar-refractivity contribution >= 4 is 6.08 Å². The Morgan fingerprint density at radius 2 is 1.50 bits per heavy atom. The highest BCUT2D eigenvalue weighted by Crippen LogP contribution is 2.22. The van der Waals surface area contributed by atoms with E-state index in [-0.39, 0.29) is 11.6 Å². The van der Waals surface area contributed by atoms with Crippen molar-refractivity contribution in [3.05, 3.63) is 71.0 Å². The van der Waals surface area contributed by atoms with Gasteiger partial charge in [-0.05, 0) is 60.9 Å². The van der Waals surface area contributed by atoms with Gasteiger partial charge < -0.3 is 4.74 Å². The van der Waals surface area contributed by atoms with Crippen LogP contribution in [0.15, 0.2) is 54.4 Å². The van der Waals surface area contributed by atoms with Crippen LogP contribution in [0.2, 0.25) is 0 Å². The lowest BCUT2D eigenvalue weighted by molar-refractivity contribution is -0.274. The van der Waals surface area contributed by atoms with Gasteiger partial charge in [0.2, 0.25) is 0 Å². The van der Waals surface area contributed by atoms with Gasteiger partial charge in [-0.2, -0.15) is 0 Å². The Labute approximate surface area is 150 Å². The summed E-state index contributed by atoms with van der Waals surface area (Å²) < 4.78 is 53.8. The second-order valence-corrected chi connectivity index (χ2v) is 5.64. The first-order valence-corrected chi connectivity index (χ1v) is 8.19. The topological polar surface area (TPSA) is 9.23 Å². The van der Waals surface area contributed by atoms with Crippen LogP contribution < -0.4 is 4.74 Å². The molecule has 2 aromatic carbocycles. The zero-order chi connectivity index (χ0) is 19.0. The largest absolute Gasteiger partial charge is 0.573 e. The Morgan fingerprint density at radius 3 is 2.00 bits per heavy atom. The molecule has 0 aliphatic rings. The molecule has 1 nitrogen and oxygen atoms in total. The molecule has 0 aliphatic heterocycles.